The molecular weight excluding hydrogens is 342 g/mol. The summed E-state index contributed by atoms with van der Waals surface area (Å²) in [6, 6.07) is 8.18. The van der Waals surface area contributed by atoms with Crippen molar-refractivity contribution in [3.05, 3.63) is 40.9 Å². The topological polar surface area (TPSA) is 37.7 Å². The third-order valence-corrected chi connectivity index (χ3v) is 5.54. The van der Waals surface area contributed by atoms with Gasteiger partial charge in [0, 0.05) is 42.8 Å². The van der Waals surface area contributed by atoms with Gasteiger partial charge in [-0.3, -0.25) is 4.79 Å². The second-order valence-electron chi connectivity index (χ2n) is 5.77. The molecule has 5 nitrogen and oxygen atoms in total. The Bertz CT molecular complexity index is 853. The zero-order chi connectivity index (χ0) is 16.7. The summed E-state index contributed by atoms with van der Waals surface area (Å²) in [5, 5.41) is 4.74. The number of amides is 1. The molecule has 1 aromatic heterocycles. The predicted molar refractivity (Wildman–Crippen MR) is 100 cm³/mol. The van der Waals surface area contributed by atoms with Gasteiger partial charge in [-0.05, 0) is 12.1 Å². The lowest BCUT2D eigenvalue weighted by atomic mass is 10.1. The number of ether oxygens (including phenoxy) is 1. The Morgan fingerprint density at radius 2 is 2.00 bits per heavy atom. The van der Waals surface area contributed by atoms with Crippen molar-refractivity contribution in [2.75, 3.05) is 26.3 Å². The molecule has 2 fully saturated rings. The Balaban J connectivity index is 1.67. The van der Waals surface area contributed by atoms with Crippen LogP contribution in [-0.4, -0.2) is 51.1 Å². The SMILES string of the molecule is Cn1cc(C=C2SC(=S)N(N3CCOCC3)C2=O)c2ccccc21. The number of hydrogen-bond donors (Lipinski definition) is 0. The van der Waals surface area contributed by atoms with Crippen molar-refractivity contribution in [3.63, 3.8) is 0 Å². The highest BCUT2D eigenvalue weighted by Crippen LogP contribution is 2.35. The second kappa shape index (κ2) is 6.33. The van der Waals surface area contributed by atoms with Crippen LogP contribution < -0.4 is 0 Å². The first kappa shape index (κ1) is 15.8. The molecule has 0 spiro atoms. The fourth-order valence-corrected chi connectivity index (χ4v) is 4.39. The van der Waals surface area contributed by atoms with Gasteiger partial charge in [0.1, 0.15) is 0 Å². The Labute approximate surface area is 149 Å². The molecule has 7 heteroatoms. The molecule has 2 aliphatic rings. The van der Waals surface area contributed by atoms with Crippen LogP contribution >= 0.6 is 24.0 Å². The highest BCUT2D eigenvalue weighted by Gasteiger charge is 2.37. The van der Waals surface area contributed by atoms with E-state index in [0.717, 1.165) is 16.5 Å². The largest absolute Gasteiger partial charge is 0.379 e. The van der Waals surface area contributed by atoms with Gasteiger partial charge in [0.25, 0.3) is 5.91 Å². The standard InChI is InChI=1S/C17H17N3O2S2/c1-18-11-12(13-4-2-3-5-14(13)18)10-15-16(21)20(17(23)24-15)19-6-8-22-9-7-19/h2-5,10-11H,6-9H2,1H3. The molecule has 0 radical (unpaired) electrons. The van der Waals surface area contributed by atoms with E-state index < -0.39 is 0 Å². The zero-order valence-electron chi connectivity index (χ0n) is 13.3. The average molecular weight is 359 g/mol. The van der Waals surface area contributed by atoms with E-state index in [2.05, 4.69) is 16.7 Å². The highest BCUT2D eigenvalue weighted by atomic mass is 32.2. The number of nitrogens with zero attached hydrogens (tertiary/aromatic N) is 3. The second-order valence-corrected chi connectivity index (χ2v) is 7.45. The van der Waals surface area contributed by atoms with Crippen molar-refractivity contribution in [3.8, 4) is 0 Å². The zero-order valence-corrected chi connectivity index (χ0v) is 14.9. The summed E-state index contributed by atoms with van der Waals surface area (Å²) in [4.78, 5) is 13.5. The summed E-state index contributed by atoms with van der Waals surface area (Å²) < 4.78 is 8.02. The number of thiocarbonyl (C=S) groups is 1. The molecule has 2 aliphatic heterocycles. The van der Waals surface area contributed by atoms with E-state index in [-0.39, 0.29) is 5.91 Å². The summed E-state index contributed by atoms with van der Waals surface area (Å²) in [5.74, 6) is -0.0418. The van der Waals surface area contributed by atoms with Crippen molar-refractivity contribution >= 4 is 51.2 Å². The molecule has 0 aliphatic carbocycles. The molecule has 124 valence electrons. The number of aryl methyl sites for hydroxylation is 1. The number of benzene rings is 1. The summed E-state index contributed by atoms with van der Waals surface area (Å²) in [6.45, 7) is 2.63. The minimum Gasteiger partial charge on any atom is -0.379 e. The van der Waals surface area contributed by atoms with E-state index in [1.807, 2.05) is 36.5 Å². The molecular formula is C17H17N3O2S2. The van der Waals surface area contributed by atoms with Gasteiger partial charge in [-0.25, -0.2) is 10.0 Å². The van der Waals surface area contributed by atoms with Gasteiger partial charge < -0.3 is 9.30 Å². The van der Waals surface area contributed by atoms with Crippen LogP contribution in [0.2, 0.25) is 0 Å². The van der Waals surface area contributed by atoms with Gasteiger partial charge in [0.05, 0.1) is 18.1 Å². The number of morpholine rings is 1. The Morgan fingerprint density at radius 1 is 1.25 bits per heavy atom. The van der Waals surface area contributed by atoms with Crippen LogP contribution in [0.5, 0.6) is 0 Å². The quantitative estimate of drug-likeness (QED) is 0.609. The van der Waals surface area contributed by atoms with Crippen LogP contribution in [0, 0.1) is 0 Å². The van der Waals surface area contributed by atoms with Gasteiger partial charge in [-0.1, -0.05) is 42.2 Å². The fourth-order valence-electron chi connectivity index (χ4n) is 3.09. The Hall–Kier alpha value is -1.67. The number of fused-ring (bicyclic) bond motifs is 1. The van der Waals surface area contributed by atoms with Crippen molar-refractivity contribution in [2.45, 2.75) is 0 Å². The van der Waals surface area contributed by atoms with E-state index in [4.69, 9.17) is 17.0 Å². The Morgan fingerprint density at radius 3 is 2.79 bits per heavy atom. The van der Waals surface area contributed by atoms with Crippen molar-refractivity contribution in [2.24, 2.45) is 7.05 Å². The van der Waals surface area contributed by atoms with Crippen LogP contribution in [0.1, 0.15) is 5.56 Å². The number of thioether (sulfide) groups is 1. The summed E-state index contributed by atoms with van der Waals surface area (Å²) in [5.41, 5.74) is 2.18. The van der Waals surface area contributed by atoms with Crippen LogP contribution in [0.3, 0.4) is 0 Å². The molecule has 0 N–H and O–H groups in total. The maximum Gasteiger partial charge on any atom is 0.280 e. The number of carbonyl (C=O) groups excluding carboxylic acids is 1. The molecule has 0 bridgehead atoms. The number of hydrogen-bond acceptors (Lipinski definition) is 5. The van der Waals surface area contributed by atoms with Gasteiger partial charge in [0.15, 0.2) is 4.32 Å². The van der Waals surface area contributed by atoms with Gasteiger partial charge in [0.2, 0.25) is 0 Å². The van der Waals surface area contributed by atoms with Gasteiger partial charge in [-0.2, -0.15) is 0 Å². The molecule has 4 rings (SSSR count). The van der Waals surface area contributed by atoms with Crippen LogP contribution in [0.15, 0.2) is 35.4 Å². The monoisotopic (exact) mass is 359 g/mol. The smallest absolute Gasteiger partial charge is 0.280 e. The third-order valence-electron chi connectivity index (χ3n) is 4.26. The molecule has 24 heavy (non-hydrogen) atoms. The first-order valence-corrected chi connectivity index (χ1v) is 9.02. The lowest BCUT2D eigenvalue weighted by Crippen LogP contribution is -2.50. The van der Waals surface area contributed by atoms with Crippen molar-refractivity contribution < 1.29 is 9.53 Å². The summed E-state index contributed by atoms with van der Waals surface area (Å²) >= 11 is 6.80. The number of rotatable bonds is 2. The maximum absolute atomic E-state index is 12.8. The summed E-state index contributed by atoms with van der Waals surface area (Å²) in [6.07, 6.45) is 3.99. The molecule has 2 aromatic rings. The molecule has 3 heterocycles. The summed E-state index contributed by atoms with van der Waals surface area (Å²) in [7, 11) is 2.01. The molecule has 0 atom stereocenters. The Kier molecular flexibility index (Phi) is 4.17. The van der Waals surface area contributed by atoms with E-state index in [1.165, 1.54) is 11.8 Å². The van der Waals surface area contributed by atoms with E-state index in [9.17, 15) is 4.79 Å². The van der Waals surface area contributed by atoms with E-state index in [0.29, 0.717) is 35.5 Å². The molecule has 1 amide bonds. The number of para-hydroxylation sites is 1. The first-order chi connectivity index (χ1) is 11.6. The highest BCUT2D eigenvalue weighted by molar-refractivity contribution is 8.26. The normalized spacial score (nSPS) is 21.4. The minimum atomic E-state index is -0.0418. The van der Waals surface area contributed by atoms with Crippen LogP contribution in [0.4, 0.5) is 0 Å². The van der Waals surface area contributed by atoms with Crippen molar-refractivity contribution in [1.82, 2.24) is 14.6 Å². The lowest BCUT2D eigenvalue weighted by molar-refractivity contribution is -0.138. The van der Waals surface area contributed by atoms with E-state index in [1.54, 1.807) is 5.01 Å². The minimum absolute atomic E-state index is 0.0418. The molecule has 0 saturated carbocycles. The molecule has 2 saturated heterocycles. The number of hydrazine groups is 1. The fraction of sp³-hybridized carbons (Fsp3) is 0.294. The lowest BCUT2D eigenvalue weighted by Gasteiger charge is -2.33. The van der Waals surface area contributed by atoms with Gasteiger partial charge in [-0.15, -0.1) is 0 Å². The van der Waals surface area contributed by atoms with Crippen LogP contribution in [-0.2, 0) is 16.6 Å². The number of carbonyl (C=O) groups is 1. The predicted octanol–water partition coefficient (Wildman–Crippen LogP) is 2.63. The molecule has 0 unspecified atom stereocenters. The van der Waals surface area contributed by atoms with Crippen molar-refractivity contribution in [1.29, 1.82) is 0 Å². The van der Waals surface area contributed by atoms with Crippen LogP contribution in [0.25, 0.3) is 17.0 Å². The maximum atomic E-state index is 12.8. The molecule has 1 aromatic carbocycles. The van der Waals surface area contributed by atoms with Gasteiger partial charge >= 0.3 is 0 Å². The number of aromatic nitrogens is 1. The first-order valence-electron chi connectivity index (χ1n) is 7.80. The average Bonchev–Trinajstić information content (AvgIpc) is 3.06. The van der Waals surface area contributed by atoms with E-state index >= 15 is 0 Å². The third kappa shape index (κ3) is 2.67.